The first-order valence-electron chi connectivity index (χ1n) is 5.63. The van der Waals surface area contributed by atoms with E-state index in [4.69, 9.17) is 11.6 Å². The van der Waals surface area contributed by atoms with Crippen LogP contribution < -0.4 is 0 Å². The molecule has 0 saturated carbocycles. The van der Waals surface area contributed by atoms with Gasteiger partial charge in [-0.25, -0.2) is 4.98 Å². The predicted octanol–water partition coefficient (Wildman–Crippen LogP) is 3.15. The number of nitrogens with zero attached hydrogens (tertiary/aromatic N) is 2. The number of aryl methyl sites for hydroxylation is 1. The maximum absolute atomic E-state index is 5.97. The Hall–Kier alpha value is -0.250. The summed E-state index contributed by atoms with van der Waals surface area (Å²) in [5.41, 5.74) is 2.36. The van der Waals surface area contributed by atoms with E-state index < -0.39 is 0 Å². The molecule has 0 N–H and O–H groups in total. The average molecular weight is 257 g/mol. The van der Waals surface area contributed by atoms with Crippen molar-refractivity contribution in [3.05, 3.63) is 28.5 Å². The van der Waals surface area contributed by atoms with Gasteiger partial charge in [-0.2, -0.15) is 11.8 Å². The van der Waals surface area contributed by atoms with Gasteiger partial charge < -0.3 is 0 Å². The number of hydrogen-bond acceptors (Lipinski definition) is 3. The molecule has 2 heterocycles. The van der Waals surface area contributed by atoms with Gasteiger partial charge in [0.15, 0.2) is 0 Å². The van der Waals surface area contributed by atoms with Crippen LogP contribution in [0.3, 0.4) is 0 Å². The van der Waals surface area contributed by atoms with E-state index in [1.165, 1.54) is 17.1 Å². The van der Waals surface area contributed by atoms with Gasteiger partial charge in [0, 0.05) is 30.6 Å². The molecule has 0 bridgehead atoms. The Morgan fingerprint density at radius 2 is 2.06 bits per heavy atom. The van der Waals surface area contributed by atoms with Crippen molar-refractivity contribution in [1.29, 1.82) is 0 Å². The second kappa shape index (κ2) is 5.39. The normalized spacial score (nSPS) is 19.7. The zero-order chi connectivity index (χ0) is 11.5. The number of pyridine rings is 1. The van der Waals surface area contributed by atoms with Crippen LogP contribution in [0.1, 0.15) is 24.2 Å². The molecule has 1 aliphatic heterocycles. The highest BCUT2D eigenvalue weighted by atomic mass is 35.5. The maximum atomic E-state index is 5.97. The van der Waals surface area contributed by atoms with Gasteiger partial charge in [-0.1, -0.05) is 17.7 Å². The first kappa shape index (κ1) is 12.2. The fourth-order valence-corrected chi connectivity index (χ4v) is 3.17. The summed E-state index contributed by atoms with van der Waals surface area (Å²) in [5.74, 6) is 2.45. The molecule has 4 heteroatoms. The minimum Gasteiger partial charge on any atom is -0.293 e. The molecule has 1 aromatic rings. The van der Waals surface area contributed by atoms with Crippen LogP contribution in [0.4, 0.5) is 0 Å². The van der Waals surface area contributed by atoms with Crippen molar-refractivity contribution in [2.24, 2.45) is 0 Å². The van der Waals surface area contributed by atoms with E-state index >= 15 is 0 Å². The Morgan fingerprint density at radius 1 is 1.38 bits per heavy atom. The van der Waals surface area contributed by atoms with Crippen LogP contribution in [-0.2, 0) is 0 Å². The molecular formula is C12H17ClN2S. The van der Waals surface area contributed by atoms with E-state index in [0.717, 1.165) is 18.8 Å². The predicted molar refractivity (Wildman–Crippen MR) is 71.3 cm³/mol. The number of aromatic nitrogens is 1. The van der Waals surface area contributed by atoms with Crippen LogP contribution in [0.5, 0.6) is 0 Å². The van der Waals surface area contributed by atoms with Crippen molar-refractivity contribution in [3.8, 4) is 0 Å². The van der Waals surface area contributed by atoms with E-state index in [9.17, 15) is 0 Å². The molecule has 16 heavy (non-hydrogen) atoms. The van der Waals surface area contributed by atoms with E-state index in [0.29, 0.717) is 11.2 Å². The summed E-state index contributed by atoms with van der Waals surface area (Å²) in [6.45, 7) is 6.63. The molecule has 1 aliphatic rings. The first-order valence-corrected chi connectivity index (χ1v) is 7.16. The Kier molecular flexibility index (Phi) is 4.11. The van der Waals surface area contributed by atoms with Crippen LogP contribution in [0.2, 0.25) is 5.15 Å². The molecule has 0 aromatic carbocycles. The Bertz CT molecular complexity index is 364. The Balaban J connectivity index is 2.18. The molecule has 2 rings (SSSR count). The summed E-state index contributed by atoms with van der Waals surface area (Å²) in [7, 11) is 0. The molecule has 0 amide bonds. The second-order valence-electron chi connectivity index (χ2n) is 4.16. The van der Waals surface area contributed by atoms with Gasteiger partial charge in [0.25, 0.3) is 0 Å². The minimum absolute atomic E-state index is 0.375. The van der Waals surface area contributed by atoms with E-state index in [-0.39, 0.29) is 0 Å². The molecule has 88 valence electrons. The number of rotatable bonds is 2. The average Bonchev–Trinajstić information content (AvgIpc) is 2.32. The van der Waals surface area contributed by atoms with Gasteiger partial charge in [0.05, 0.1) is 5.69 Å². The van der Waals surface area contributed by atoms with E-state index in [2.05, 4.69) is 29.8 Å². The molecule has 0 radical (unpaired) electrons. The highest BCUT2D eigenvalue weighted by Gasteiger charge is 2.20. The molecule has 1 aromatic heterocycles. The zero-order valence-electron chi connectivity index (χ0n) is 9.74. The quantitative estimate of drug-likeness (QED) is 0.757. The maximum Gasteiger partial charge on any atom is 0.129 e. The lowest BCUT2D eigenvalue weighted by Crippen LogP contribution is -2.35. The Morgan fingerprint density at radius 3 is 2.75 bits per heavy atom. The van der Waals surface area contributed by atoms with Crippen LogP contribution in [-0.4, -0.2) is 34.5 Å². The molecular weight excluding hydrogens is 240 g/mol. The fourth-order valence-electron chi connectivity index (χ4n) is 2.08. The summed E-state index contributed by atoms with van der Waals surface area (Å²) in [6.07, 6.45) is 0. The van der Waals surface area contributed by atoms with Gasteiger partial charge in [-0.05, 0) is 25.5 Å². The summed E-state index contributed by atoms with van der Waals surface area (Å²) in [5, 5.41) is 0.596. The van der Waals surface area contributed by atoms with E-state index in [1.54, 1.807) is 0 Å². The second-order valence-corrected chi connectivity index (χ2v) is 5.77. The highest BCUT2D eigenvalue weighted by Crippen LogP contribution is 2.25. The zero-order valence-corrected chi connectivity index (χ0v) is 11.3. The molecule has 1 atom stereocenters. The highest BCUT2D eigenvalue weighted by molar-refractivity contribution is 7.99. The first-order chi connectivity index (χ1) is 7.68. The largest absolute Gasteiger partial charge is 0.293 e. The van der Waals surface area contributed by atoms with E-state index in [1.807, 2.05) is 17.8 Å². The van der Waals surface area contributed by atoms with Crippen molar-refractivity contribution in [3.63, 3.8) is 0 Å². The summed E-state index contributed by atoms with van der Waals surface area (Å²) >= 11 is 8.00. The van der Waals surface area contributed by atoms with Crippen molar-refractivity contribution in [2.45, 2.75) is 19.9 Å². The van der Waals surface area contributed by atoms with Crippen molar-refractivity contribution >= 4 is 23.4 Å². The molecule has 1 fully saturated rings. The van der Waals surface area contributed by atoms with Crippen LogP contribution in [0.25, 0.3) is 0 Å². The standard InChI is InChI=1S/C12H17ClN2S/c1-9-3-4-11(13)14-12(9)10(2)15-5-7-16-8-6-15/h3-4,10H,5-8H2,1-2H3. The molecule has 1 saturated heterocycles. The fraction of sp³-hybridized carbons (Fsp3) is 0.583. The van der Waals surface area contributed by atoms with Gasteiger partial charge in [-0.15, -0.1) is 0 Å². The monoisotopic (exact) mass is 256 g/mol. The van der Waals surface area contributed by atoms with Crippen LogP contribution >= 0.6 is 23.4 Å². The lowest BCUT2D eigenvalue weighted by atomic mass is 10.1. The van der Waals surface area contributed by atoms with Gasteiger partial charge >= 0.3 is 0 Å². The van der Waals surface area contributed by atoms with Crippen molar-refractivity contribution in [1.82, 2.24) is 9.88 Å². The van der Waals surface area contributed by atoms with Crippen molar-refractivity contribution in [2.75, 3.05) is 24.6 Å². The molecule has 0 spiro atoms. The topological polar surface area (TPSA) is 16.1 Å². The third kappa shape index (κ3) is 2.70. The van der Waals surface area contributed by atoms with Crippen molar-refractivity contribution < 1.29 is 0 Å². The minimum atomic E-state index is 0.375. The smallest absolute Gasteiger partial charge is 0.129 e. The third-order valence-corrected chi connectivity index (χ3v) is 4.24. The number of hydrogen-bond donors (Lipinski definition) is 0. The third-order valence-electron chi connectivity index (χ3n) is 3.09. The summed E-state index contributed by atoms with van der Waals surface area (Å²) in [4.78, 5) is 6.95. The lowest BCUT2D eigenvalue weighted by Gasteiger charge is -2.32. The number of thioether (sulfide) groups is 1. The Labute approximate surface area is 106 Å². The van der Waals surface area contributed by atoms with Gasteiger partial charge in [0.2, 0.25) is 0 Å². The van der Waals surface area contributed by atoms with Gasteiger partial charge in [0.1, 0.15) is 5.15 Å². The molecule has 2 nitrogen and oxygen atoms in total. The summed E-state index contributed by atoms with van der Waals surface area (Å²) in [6, 6.07) is 4.29. The number of halogens is 1. The molecule has 0 aliphatic carbocycles. The summed E-state index contributed by atoms with van der Waals surface area (Å²) < 4.78 is 0. The van der Waals surface area contributed by atoms with Crippen LogP contribution in [0.15, 0.2) is 12.1 Å². The SMILES string of the molecule is Cc1ccc(Cl)nc1C(C)N1CCSCC1. The lowest BCUT2D eigenvalue weighted by molar-refractivity contribution is 0.229. The van der Waals surface area contributed by atoms with Crippen LogP contribution in [0, 0.1) is 6.92 Å². The van der Waals surface area contributed by atoms with Gasteiger partial charge in [-0.3, -0.25) is 4.90 Å². The molecule has 1 unspecified atom stereocenters.